The van der Waals surface area contributed by atoms with Gasteiger partial charge in [-0.25, -0.2) is 5.26 Å². The summed E-state index contributed by atoms with van der Waals surface area (Å²) in [7, 11) is -6.63. The molecule has 0 aliphatic heterocycles. The first-order chi connectivity index (χ1) is 10.5. The highest BCUT2D eigenvalue weighted by atomic mass is 32.2. The molecule has 0 atom stereocenters. The van der Waals surface area contributed by atoms with Gasteiger partial charge >= 0.3 is 32.8 Å². The second-order valence-corrected chi connectivity index (χ2v) is 5.74. The minimum Gasteiger partial charge on any atom is -0.312 e. The summed E-state index contributed by atoms with van der Waals surface area (Å²) in [5, 5.41) is -1.22. The fourth-order valence-electron chi connectivity index (χ4n) is 0.764. The molecule has 0 saturated carbocycles. The number of alkyl halides is 8. The molecule has 0 rings (SSSR count). The standard InChI is InChI=1S/C6H6F8O8S2/c7-3(8,5(11,12)23-22-21-15)19-1-2-20-4(9,10)6(13,14)24(16,17)18/h15H,1-2H2,(H,16,17,18). The van der Waals surface area contributed by atoms with Gasteiger partial charge in [-0.05, 0) is 0 Å². The Hall–Kier alpha value is -0.500. The fourth-order valence-corrected chi connectivity index (χ4v) is 1.40. The molecule has 0 amide bonds. The molecule has 0 heterocycles. The van der Waals surface area contributed by atoms with Crippen LogP contribution in [0.15, 0.2) is 0 Å². The van der Waals surface area contributed by atoms with Crippen LogP contribution in [0.4, 0.5) is 35.1 Å². The second-order valence-electron chi connectivity index (χ2n) is 3.47. The van der Waals surface area contributed by atoms with Gasteiger partial charge in [0.15, 0.2) is 0 Å². The van der Waals surface area contributed by atoms with E-state index in [9.17, 15) is 43.5 Å². The predicted molar refractivity (Wildman–Crippen MR) is 55.6 cm³/mol. The molecule has 0 radical (unpaired) electrons. The third-order valence-electron chi connectivity index (χ3n) is 1.82. The van der Waals surface area contributed by atoms with Crippen LogP contribution >= 0.6 is 12.0 Å². The van der Waals surface area contributed by atoms with Gasteiger partial charge in [-0.15, -0.1) is 4.33 Å². The largest absolute Gasteiger partial charge is 0.459 e. The van der Waals surface area contributed by atoms with Crippen LogP contribution in [-0.2, 0) is 29.0 Å². The lowest BCUT2D eigenvalue weighted by Crippen LogP contribution is -2.49. The van der Waals surface area contributed by atoms with Crippen LogP contribution in [0.5, 0.6) is 0 Å². The highest BCUT2D eigenvalue weighted by Gasteiger charge is 2.67. The summed E-state index contributed by atoms with van der Waals surface area (Å²) in [6.45, 7) is -3.76. The fraction of sp³-hybridized carbons (Fsp3) is 1.00. The van der Waals surface area contributed by atoms with E-state index < -0.39 is 58.1 Å². The van der Waals surface area contributed by atoms with Crippen molar-refractivity contribution in [1.82, 2.24) is 0 Å². The second kappa shape index (κ2) is 7.81. The molecule has 2 N–H and O–H groups in total. The Balaban J connectivity index is 4.68. The van der Waals surface area contributed by atoms with Gasteiger partial charge < -0.3 is 9.47 Å². The van der Waals surface area contributed by atoms with Crippen molar-refractivity contribution in [2.75, 3.05) is 13.2 Å². The molecule has 0 aromatic carbocycles. The molecular formula is C6H6F8O8S2. The Morgan fingerprint density at radius 2 is 1.29 bits per heavy atom. The van der Waals surface area contributed by atoms with E-state index in [4.69, 9.17) is 9.81 Å². The summed E-state index contributed by atoms with van der Waals surface area (Å²) >= 11 is -1.45. The van der Waals surface area contributed by atoms with Crippen LogP contribution in [0.3, 0.4) is 0 Å². The Bertz CT molecular complexity index is 511. The molecule has 0 aliphatic carbocycles. The molecule has 0 saturated heterocycles. The van der Waals surface area contributed by atoms with E-state index in [-0.39, 0.29) is 0 Å². The SMILES string of the molecule is O=S(=O)(O)C(F)(F)C(F)(F)OCCOC(F)(F)C(F)(F)SOOO. The minimum absolute atomic E-state index is 1.45. The molecule has 0 fully saturated rings. The quantitative estimate of drug-likeness (QED) is 0.129. The van der Waals surface area contributed by atoms with Crippen molar-refractivity contribution >= 4 is 22.2 Å². The van der Waals surface area contributed by atoms with Crippen molar-refractivity contribution < 1.29 is 72.2 Å². The number of halogens is 8. The first-order valence-electron chi connectivity index (χ1n) is 4.94. The van der Waals surface area contributed by atoms with Gasteiger partial charge in [0, 0.05) is 0 Å². The molecule has 146 valence electrons. The zero-order chi connectivity index (χ0) is 19.4. The molecule has 0 aromatic rings. The van der Waals surface area contributed by atoms with Crippen molar-refractivity contribution in [1.29, 1.82) is 0 Å². The van der Waals surface area contributed by atoms with Crippen LogP contribution in [0.2, 0.25) is 0 Å². The number of rotatable bonds is 11. The van der Waals surface area contributed by atoms with Crippen LogP contribution in [0.25, 0.3) is 0 Å². The van der Waals surface area contributed by atoms with Gasteiger partial charge in [0.25, 0.3) is 0 Å². The van der Waals surface area contributed by atoms with Gasteiger partial charge in [0.1, 0.15) is 12.0 Å². The summed E-state index contributed by atoms with van der Waals surface area (Å²) in [5.41, 5.74) is 0. The summed E-state index contributed by atoms with van der Waals surface area (Å²) in [6.07, 6.45) is -11.3. The van der Waals surface area contributed by atoms with Crippen LogP contribution < -0.4 is 0 Å². The molecule has 8 nitrogen and oxygen atoms in total. The summed E-state index contributed by atoms with van der Waals surface area (Å²) < 4.78 is 139. The Morgan fingerprint density at radius 1 is 0.875 bits per heavy atom. The Kier molecular flexibility index (Phi) is 7.64. The molecule has 0 bridgehead atoms. The van der Waals surface area contributed by atoms with Gasteiger partial charge in [-0.1, -0.05) is 5.04 Å². The zero-order valence-corrected chi connectivity index (χ0v) is 12.2. The lowest BCUT2D eigenvalue weighted by molar-refractivity contribution is -0.435. The van der Waals surface area contributed by atoms with Crippen LogP contribution in [-0.4, -0.2) is 54.2 Å². The average Bonchev–Trinajstić information content (AvgIpc) is 2.39. The summed E-state index contributed by atoms with van der Waals surface area (Å²) in [5.74, 6) is 0. The molecule has 0 spiro atoms. The van der Waals surface area contributed by atoms with Crippen molar-refractivity contribution in [3.63, 3.8) is 0 Å². The van der Waals surface area contributed by atoms with Crippen LogP contribution in [0, 0.1) is 0 Å². The smallest absolute Gasteiger partial charge is 0.312 e. The monoisotopic (exact) mass is 422 g/mol. The van der Waals surface area contributed by atoms with Gasteiger partial charge in [0.05, 0.1) is 13.2 Å². The minimum atomic E-state index is -6.63. The maximum atomic E-state index is 12.8. The van der Waals surface area contributed by atoms with Gasteiger partial charge in [-0.2, -0.15) is 43.5 Å². The molecule has 24 heavy (non-hydrogen) atoms. The molecular weight excluding hydrogens is 416 g/mol. The number of ether oxygens (including phenoxy) is 2. The van der Waals surface area contributed by atoms with Crippen molar-refractivity contribution in [3.05, 3.63) is 0 Å². The van der Waals surface area contributed by atoms with E-state index in [1.165, 1.54) is 0 Å². The first kappa shape index (κ1) is 23.5. The zero-order valence-electron chi connectivity index (χ0n) is 10.6. The van der Waals surface area contributed by atoms with Crippen molar-refractivity contribution in [2.24, 2.45) is 0 Å². The summed E-state index contributed by atoms with van der Waals surface area (Å²) in [6, 6.07) is 0. The van der Waals surface area contributed by atoms with E-state index in [1.807, 2.05) is 0 Å². The maximum absolute atomic E-state index is 12.8. The van der Waals surface area contributed by atoms with E-state index in [1.54, 1.807) is 0 Å². The molecule has 18 heteroatoms. The highest BCUT2D eigenvalue weighted by Crippen LogP contribution is 2.44. The molecule has 0 aliphatic rings. The number of hydrogen-bond donors (Lipinski definition) is 2. The highest BCUT2D eigenvalue weighted by molar-refractivity contribution is 7.95. The number of hydrogen-bond acceptors (Lipinski definition) is 8. The van der Waals surface area contributed by atoms with E-state index in [2.05, 4.69) is 18.8 Å². The lowest BCUT2D eigenvalue weighted by Gasteiger charge is -2.25. The van der Waals surface area contributed by atoms with E-state index in [0.29, 0.717) is 0 Å². The van der Waals surface area contributed by atoms with E-state index >= 15 is 0 Å². The van der Waals surface area contributed by atoms with E-state index in [0.717, 1.165) is 0 Å². The normalized spacial score (nSPS) is 14.9. The lowest BCUT2D eigenvalue weighted by atomic mass is 10.6. The summed E-state index contributed by atoms with van der Waals surface area (Å²) in [4.78, 5) is 0. The first-order valence-corrected chi connectivity index (χ1v) is 7.12. The predicted octanol–water partition coefficient (Wildman–Crippen LogP) is 2.35. The molecule has 0 unspecified atom stereocenters. The van der Waals surface area contributed by atoms with Crippen molar-refractivity contribution in [2.45, 2.75) is 22.7 Å². The Labute approximate surface area is 131 Å². The topological polar surface area (TPSA) is 112 Å². The van der Waals surface area contributed by atoms with Gasteiger partial charge in [-0.3, -0.25) is 4.55 Å². The van der Waals surface area contributed by atoms with Gasteiger partial charge in [0.2, 0.25) is 0 Å². The Morgan fingerprint density at radius 3 is 1.67 bits per heavy atom. The third kappa shape index (κ3) is 5.51. The average molecular weight is 422 g/mol. The van der Waals surface area contributed by atoms with Crippen molar-refractivity contribution in [3.8, 4) is 0 Å². The maximum Gasteiger partial charge on any atom is 0.459 e. The molecule has 0 aromatic heterocycles. The van der Waals surface area contributed by atoms with Crippen LogP contribution in [0.1, 0.15) is 0 Å². The third-order valence-corrected chi connectivity index (χ3v) is 3.28.